The second kappa shape index (κ2) is 12.7. The van der Waals surface area contributed by atoms with Crippen LogP contribution in [0.15, 0.2) is 47.1 Å². The van der Waals surface area contributed by atoms with Gasteiger partial charge in [-0.3, -0.25) is 0 Å². The van der Waals surface area contributed by atoms with Gasteiger partial charge in [-0.2, -0.15) is 0 Å². The Morgan fingerprint density at radius 1 is 1.13 bits per heavy atom. The molecule has 30 heavy (non-hydrogen) atoms. The van der Waals surface area contributed by atoms with Gasteiger partial charge in [0, 0.05) is 5.92 Å². The van der Waals surface area contributed by atoms with E-state index in [-0.39, 0.29) is 6.10 Å². The first-order valence-electron chi connectivity index (χ1n) is 12.7. The molecule has 0 saturated carbocycles. The lowest BCUT2D eigenvalue weighted by Gasteiger charge is -2.37. The molecule has 2 aliphatic rings. The van der Waals surface area contributed by atoms with E-state index in [0.29, 0.717) is 17.8 Å². The topological polar surface area (TPSA) is 20.2 Å². The van der Waals surface area contributed by atoms with Crippen molar-refractivity contribution in [1.29, 1.82) is 0 Å². The molecule has 0 amide bonds. The van der Waals surface area contributed by atoms with E-state index in [9.17, 15) is 5.11 Å². The quantitative estimate of drug-likeness (QED) is 0.252. The lowest BCUT2D eigenvalue weighted by molar-refractivity contribution is 0.130. The molecule has 0 aromatic rings. The Kier molecular flexibility index (Phi) is 10.7. The maximum Gasteiger partial charge on any atom is 0.0546 e. The zero-order chi connectivity index (χ0) is 22.1. The summed E-state index contributed by atoms with van der Waals surface area (Å²) in [6.45, 7) is 13.7. The van der Waals surface area contributed by atoms with Gasteiger partial charge in [0.05, 0.1) is 6.10 Å². The summed E-state index contributed by atoms with van der Waals surface area (Å²) in [7, 11) is 0. The van der Waals surface area contributed by atoms with Crippen LogP contribution in [-0.2, 0) is 0 Å². The lowest BCUT2D eigenvalue weighted by Crippen LogP contribution is -2.27. The fourth-order valence-corrected chi connectivity index (χ4v) is 5.63. The number of hydrogen-bond acceptors (Lipinski definition) is 1. The van der Waals surface area contributed by atoms with E-state index in [0.717, 1.165) is 37.5 Å². The summed E-state index contributed by atoms with van der Waals surface area (Å²) in [4.78, 5) is 0. The number of fused-ring (bicyclic) bond motifs is 1. The second-order valence-electron chi connectivity index (χ2n) is 10.5. The molecule has 0 heterocycles. The van der Waals surface area contributed by atoms with Crippen LogP contribution in [0.2, 0.25) is 0 Å². The highest BCUT2D eigenvalue weighted by molar-refractivity contribution is 5.30. The number of aliphatic hydroxyl groups is 1. The average molecular weight is 413 g/mol. The molecule has 0 fully saturated rings. The predicted molar refractivity (Wildman–Crippen MR) is 132 cm³/mol. The van der Waals surface area contributed by atoms with Gasteiger partial charge >= 0.3 is 0 Å². The van der Waals surface area contributed by atoms with Crippen molar-refractivity contribution < 1.29 is 5.11 Å². The molecule has 1 heteroatoms. The van der Waals surface area contributed by atoms with Crippen LogP contribution in [0.1, 0.15) is 99.3 Å². The molecule has 5 atom stereocenters. The molecule has 0 saturated heterocycles. The van der Waals surface area contributed by atoms with Crippen LogP contribution in [0.25, 0.3) is 0 Å². The van der Waals surface area contributed by atoms with Gasteiger partial charge in [-0.05, 0) is 76.0 Å². The molecule has 170 valence electrons. The van der Waals surface area contributed by atoms with Crippen LogP contribution in [0.4, 0.5) is 0 Å². The van der Waals surface area contributed by atoms with Crippen molar-refractivity contribution in [2.24, 2.45) is 29.6 Å². The zero-order valence-corrected chi connectivity index (χ0v) is 20.7. The molecular formula is C29H48O. The van der Waals surface area contributed by atoms with Gasteiger partial charge in [0.15, 0.2) is 0 Å². The van der Waals surface area contributed by atoms with Gasteiger partial charge in [0.1, 0.15) is 0 Å². The summed E-state index contributed by atoms with van der Waals surface area (Å²) in [6.07, 6.45) is 22.1. The molecule has 0 bridgehead atoms. The van der Waals surface area contributed by atoms with Crippen LogP contribution in [-0.4, -0.2) is 11.2 Å². The third-order valence-electron chi connectivity index (χ3n) is 7.23. The van der Waals surface area contributed by atoms with Crippen molar-refractivity contribution in [3.8, 4) is 0 Å². The van der Waals surface area contributed by atoms with Gasteiger partial charge in [0.2, 0.25) is 0 Å². The van der Waals surface area contributed by atoms with E-state index in [4.69, 9.17) is 0 Å². The molecule has 0 aromatic heterocycles. The molecule has 0 radical (unpaired) electrons. The molecule has 2 aliphatic carbocycles. The van der Waals surface area contributed by atoms with E-state index >= 15 is 0 Å². The van der Waals surface area contributed by atoms with Gasteiger partial charge in [-0.1, -0.05) is 94.1 Å². The summed E-state index contributed by atoms with van der Waals surface area (Å²) in [5.74, 6) is 3.24. The summed E-state index contributed by atoms with van der Waals surface area (Å²) in [6, 6.07) is 0. The Labute approximate surface area is 187 Å². The number of aliphatic hydroxyl groups excluding tert-OH is 1. The van der Waals surface area contributed by atoms with Crippen LogP contribution in [0.5, 0.6) is 0 Å². The standard InChI is InChI=1S/C29H48O/c1-7-9-10-14-23(6)28-20-25(18-26-16-22(5)17-29(26)28)24(12-8-2)19-27(30)15-11-13-21(3)4/h9-10,14,16,20-21,24,26-30H,7-8,11-13,15,17-19H2,1-6H3/b10-9-,23-14+/t24?,26-,27?,28-,29?/m1/s1. The number of allylic oxidation sites excluding steroid dienone is 8. The SMILES string of the molecule is CC/C=C\C=C(/C)[C@H]1C=C(C(CCC)CC(O)CCCC(C)C)C[C@H]2C=C(C)CC21. The Bertz CT molecular complexity index is 633. The van der Waals surface area contributed by atoms with E-state index in [2.05, 4.69) is 71.9 Å². The van der Waals surface area contributed by atoms with Crippen LogP contribution < -0.4 is 0 Å². The van der Waals surface area contributed by atoms with Crippen molar-refractivity contribution in [2.45, 2.75) is 105 Å². The summed E-state index contributed by atoms with van der Waals surface area (Å²) in [5, 5.41) is 10.8. The van der Waals surface area contributed by atoms with E-state index in [1.807, 2.05) is 0 Å². The van der Waals surface area contributed by atoms with Crippen molar-refractivity contribution in [3.63, 3.8) is 0 Å². The summed E-state index contributed by atoms with van der Waals surface area (Å²) in [5.41, 5.74) is 4.70. The van der Waals surface area contributed by atoms with E-state index in [1.165, 1.54) is 37.7 Å². The first-order valence-corrected chi connectivity index (χ1v) is 12.7. The van der Waals surface area contributed by atoms with Crippen LogP contribution >= 0.6 is 0 Å². The third-order valence-corrected chi connectivity index (χ3v) is 7.23. The fourth-order valence-electron chi connectivity index (χ4n) is 5.63. The Hall–Kier alpha value is -1.08. The largest absolute Gasteiger partial charge is 0.393 e. The highest BCUT2D eigenvalue weighted by atomic mass is 16.3. The molecule has 3 unspecified atom stereocenters. The molecule has 0 aromatic carbocycles. The smallest absolute Gasteiger partial charge is 0.0546 e. The van der Waals surface area contributed by atoms with Gasteiger partial charge in [-0.25, -0.2) is 0 Å². The van der Waals surface area contributed by atoms with Crippen molar-refractivity contribution in [3.05, 3.63) is 47.1 Å². The monoisotopic (exact) mass is 412 g/mol. The molecular weight excluding hydrogens is 364 g/mol. The van der Waals surface area contributed by atoms with Crippen LogP contribution in [0.3, 0.4) is 0 Å². The first-order chi connectivity index (χ1) is 14.3. The molecule has 1 N–H and O–H groups in total. The third kappa shape index (κ3) is 7.56. The van der Waals surface area contributed by atoms with Gasteiger partial charge in [-0.15, -0.1) is 0 Å². The minimum atomic E-state index is -0.151. The zero-order valence-electron chi connectivity index (χ0n) is 20.7. The summed E-state index contributed by atoms with van der Waals surface area (Å²) < 4.78 is 0. The Morgan fingerprint density at radius 3 is 2.57 bits per heavy atom. The minimum absolute atomic E-state index is 0.151. The molecule has 0 spiro atoms. The van der Waals surface area contributed by atoms with Crippen molar-refractivity contribution >= 4 is 0 Å². The first kappa shape index (κ1) is 25.2. The van der Waals surface area contributed by atoms with Crippen LogP contribution in [0, 0.1) is 29.6 Å². The second-order valence-corrected chi connectivity index (χ2v) is 10.5. The van der Waals surface area contributed by atoms with Crippen molar-refractivity contribution in [2.75, 3.05) is 0 Å². The molecule has 2 rings (SSSR count). The lowest BCUT2D eigenvalue weighted by atomic mass is 9.68. The molecule has 0 aliphatic heterocycles. The summed E-state index contributed by atoms with van der Waals surface area (Å²) >= 11 is 0. The average Bonchev–Trinajstić information content (AvgIpc) is 3.06. The maximum absolute atomic E-state index is 10.8. The Morgan fingerprint density at radius 2 is 1.90 bits per heavy atom. The Balaban J connectivity index is 2.18. The van der Waals surface area contributed by atoms with Gasteiger partial charge in [0.25, 0.3) is 0 Å². The number of hydrogen-bond donors (Lipinski definition) is 1. The normalized spacial score (nSPS) is 26.7. The van der Waals surface area contributed by atoms with Crippen molar-refractivity contribution in [1.82, 2.24) is 0 Å². The molecule has 1 nitrogen and oxygen atoms in total. The van der Waals surface area contributed by atoms with E-state index < -0.39 is 0 Å². The highest BCUT2D eigenvalue weighted by Gasteiger charge is 2.37. The number of rotatable bonds is 12. The highest BCUT2D eigenvalue weighted by Crippen LogP contribution is 2.48. The maximum atomic E-state index is 10.8. The minimum Gasteiger partial charge on any atom is -0.393 e. The van der Waals surface area contributed by atoms with E-state index in [1.54, 1.807) is 11.1 Å². The fraction of sp³-hybridized carbons (Fsp3) is 0.724. The van der Waals surface area contributed by atoms with Gasteiger partial charge < -0.3 is 5.11 Å². The predicted octanol–water partition coefficient (Wildman–Crippen LogP) is 8.42.